The van der Waals surface area contributed by atoms with Crippen LogP contribution in [0.15, 0.2) is 0 Å². The fraction of sp³-hybridized carbons (Fsp3) is 1.00. The number of hydrogen-bond donors (Lipinski definition) is 1. The molecule has 4 nitrogen and oxygen atoms in total. The monoisotopic (exact) mass is 230 g/mol. The zero-order valence-corrected chi connectivity index (χ0v) is 11.1. The van der Waals surface area contributed by atoms with Gasteiger partial charge in [0.15, 0.2) is 0 Å². The topological polar surface area (TPSA) is 35.9 Å². The summed E-state index contributed by atoms with van der Waals surface area (Å²) in [6.07, 6.45) is 0. The molecule has 0 aromatic rings. The van der Waals surface area contributed by atoms with Crippen LogP contribution < -0.4 is 0 Å². The van der Waals surface area contributed by atoms with Gasteiger partial charge in [0, 0.05) is 39.3 Å². The van der Waals surface area contributed by atoms with Gasteiger partial charge < -0.3 is 14.7 Å². The molecule has 1 atom stereocenters. The Morgan fingerprint density at radius 2 is 2.06 bits per heavy atom. The first-order valence-electron chi connectivity index (χ1n) is 6.01. The molecule has 0 aromatic carbocycles. The summed E-state index contributed by atoms with van der Waals surface area (Å²) in [5, 5.41) is 9.46. The lowest BCUT2D eigenvalue weighted by Gasteiger charge is -2.32. The number of nitrogens with zero attached hydrogens (tertiary/aromatic N) is 2. The Morgan fingerprint density at radius 1 is 1.38 bits per heavy atom. The summed E-state index contributed by atoms with van der Waals surface area (Å²) < 4.78 is 5.14. The van der Waals surface area contributed by atoms with Crippen molar-refractivity contribution in [3.63, 3.8) is 0 Å². The average molecular weight is 230 g/mol. The van der Waals surface area contributed by atoms with E-state index in [1.54, 1.807) is 7.11 Å². The van der Waals surface area contributed by atoms with Gasteiger partial charge in [-0.3, -0.25) is 4.90 Å². The van der Waals surface area contributed by atoms with E-state index in [4.69, 9.17) is 4.74 Å². The van der Waals surface area contributed by atoms with Gasteiger partial charge in [-0.1, -0.05) is 13.8 Å². The molecule has 0 amide bonds. The third-order valence-corrected chi connectivity index (χ3v) is 3.16. The Hall–Kier alpha value is -0.160. The molecule has 1 fully saturated rings. The first-order valence-corrected chi connectivity index (χ1v) is 6.01. The van der Waals surface area contributed by atoms with E-state index in [-0.39, 0.29) is 18.1 Å². The lowest BCUT2D eigenvalue weighted by molar-refractivity contribution is 0.0732. The Labute approximate surface area is 99.2 Å². The van der Waals surface area contributed by atoms with Crippen LogP contribution in [0, 0.1) is 5.41 Å². The summed E-state index contributed by atoms with van der Waals surface area (Å²) in [5.74, 6) is 0. The highest BCUT2D eigenvalue weighted by Gasteiger charge is 2.32. The fourth-order valence-corrected chi connectivity index (χ4v) is 2.64. The molecule has 1 unspecified atom stereocenters. The van der Waals surface area contributed by atoms with E-state index in [2.05, 4.69) is 30.7 Å². The molecule has 0 aliphatic carbocycles. The SMILES string of the molecule is COCCN1CC(C)(C)CN(C)CC1CO. The van der Waals surface area contributed by atoms with Crippen LogP contribution in [0.5, 0.6) is 0 Å². The molecule has 1 heterocycles. The molecule has 0 radical (unpaired) electrons. The normalized spacial score (nSPS) is 27.9. The van der Waals surface area contributed by atoms with E-state index in [0.29, 0.717) is 0 Å². The van der Waals surface area contributed by atoms with E-state index in [1.807, 2.05) is 0 Å². The largest absolute Gasteiger partial charge is 0.395 e. The Morgan fingerprint density at radius 3 is 2.62 bits per heavy atom. The summed E-state index contributed by atoms with van der Waals surface area (Å²) in [5.41, 5.74) is 0.270. The van der Waals surface area contributed by atoms with Crippen LogP contribution >= 0.6 is 0 Å². The highest BCUT2D eigenvalue weighted by Crippen LogP contribution is 2.23. The van der Waals surface area contributed by atoms with Gasteiger partial charge in [-0.2, -0.15) is 0 Å². The van der Waals surface area contributed by atoms with Gasteiger partial charge >= 0.3 is 0 Å². The molecule has 96 valence electrons. The van der Waals surface area contributed by atoms with Crippen LogP contribution in [0.4, 0.5) is 0 Å². The maximum Gasteiger partial charge on any atom is 0.0599 e. The Bertz CT molecular complexity index is 209. The number of ether oxygens (including phenoxy) is 1. The van der Waals surface area contributed by atoms with Crippen molar-refractivity contribution in [2.75, 3.05) is 53.6 Å². The molecule has 16 heavy (non-hydrogen) atoms. The summed E-state index contributed by atoms with van der Waals surface area (Å²) in [6.45, 7) is 9.45. The molecule has 0 spiro atoms. The number of rotatable bonds is 4. The minimum absolute atomic E-state index is 0.226. The minimum atomic E-state index is 0.226. The van der Waals surface area contributed by atoms with Gasteiger partial charge in [-0.05, 0) is 12.5 Å². The second kappa shape index (κ2) is 5.96. The van der Waals surface area contributed by atoms with Gasteiger partial charge in [0.2, 0.25) is 0 Å². The van der Waals surface area contributed by atoms with Gasteiger partial charge in [0.25, 0.3) is 0 Å². The highest BCUT2D eigenvalue weighted by atomic mass is 16.5. The van der Waals surface area contributed by atoms with Gasteiger partial charge in [0.05, 0.1) is 13.2 Å². The maximum atomic E-state index is 9.46. The van der Waals surface area contributed by atoms with Crippen molar-refractivity contribution < 1.29 is 9.84 Å². The van der Waals surface area contributed by atoms with Crippen molar-refractivity contribution in [2.45, 2.75) is 19.9 Å². The van der Waals surface area contributed by atoms with Crippen LogP contribution in [0.3, 0.4) is 0 Å². The van der Waals surface area contributed by atoms with Gasteiger partial charge in [-0.25, -0.2) is 0 Å². The van der Waals surface area contributed by atoms with Crippen LogP contribution in [0.25, 0.3) is 0 Å². The third kappa shape index (κ3) is 4.01. The Balaban J connectivity index is 2.67. The molecular formula is C12H26N2O2. The second-order valence-electron chi connectivity index (χ2n) is 5.66. The molecular weight excluding hydrogens is 204 g/mol. The number of aliphatic hydroxyl groups is 1. The summed E-state index contributed by atoms with van der Waals surface area (Å²) in [4.78, 5) is 4.67. The fourth-order valence-electron chi connectivity index (χ4n) is 2.64. The molecule has 1 saturated heterocycles. The predicted octanol–water partition coefficient (Wildman–Crippen LogP) is 0.267. The van der Waals surface area contributed by atoms with Crippen molar-refractivity contribution in [2.24, 2.45) is 5.41 Å². The first kappa shape index (κ1) is 13.9. The van der Waals surface area contributed by atoms with E-state index >= 15 is 0 Å². The average Bonchev–Trinajstić information content (AvgIpc) is 2.30. The maximum absolute atomic E-state index is 9.46. The zero-order valence-electron chi connectivity index (χ0n) is 11.1. The molecule has 0 saturated carbocycles. The standard InChI is InChI=1S/C12H26N2O2/c1-12(2)9-13(3)7-11(8-15)14(10-12)5-6-16-4/h11,15H,5-10H2,1-4H3. The van der Waals surface area contributed by atoms with Crippen LogP contribution in [0.1, 0.15) is 13.8 Å². The summed E-state index contributed by atoms with van der Waals surface area (Å²) >= 11 is 0. The molecule has 1 rings (SSSR count). The lowest BCUT2D eigenvalue weighted by Crippen LogP contribution is -2.45. The van der Waals surface area contributed by atoms with E-state index in [0.717, 1.165) is 32.8 Å². The Kier molecular flexibility index (Phi) is 5.18. The van der Waals surface area contributed by atoms with Crippen molar-refractivity contribution in [1.82, 2.24) is 9.80 Å². The highest BCUT2D eigenvalue weighted by molar-refractivity contribution is 4.86. The lowest BCUT2D eigenvalue weighted by atomic mass is 9.92. The molecule has 0 aromatic heterocycles. The number of hydrogen-bond acceptors (Lipinski definition) is 4. The molecule has 1 aliphatic heterocycles. The quantitative estimate of drug-likeness (QED) is 0.752. The third-order valence-electron chi connectivity index (χ3n) is 3.16. The van der Waals surface area contributed by atoms with Crippen LogP contribution in [0.2, 0.25) is 0 Å². The van der Waals surface area contributed by atoms with Crippen molar-refractivity contribution in [3.05, 3.63) is 0 Å². The number of likely N-dealkylation sites (N-methyl/N-ethyl adjacent to an activating group) is 1. The van der Waals surface area contributed by atoms with Crippen molar-refractivity contribution in [3.8, 4) is 0 Å². The number of aliphatic hydroxyl groups excluding tert-OH is 1. The van der Waals surface area contributed by atoms with E-state index in [9.17, 15) is 5.11 Å². The van der Waals surface area contributed by atoms with Crippen molar-refractivity contribution in [1.29, 1.82) is 0 Å². The molecule has 0 bridgehead atoms. The molecule has 1 N–H and O–H groups in total. The summed E-state index contributed by atoms with van der Waals surface area (Å²) in [6, 6.07) is 0.238. The van der Waals surface area contributed by atoms with Gasteiger partial charge in [-0.15, -0.1) is 0 Å². The van der Waals surface area contributed by atoms with Crippen LogP contribution in [-0.4, -0.2) is 74.5 Å². The first-order chi connectivity index (χ1) is 7.48. The zero-order chi connectivity index (χ0) is 12.2. The van der Waals surface area contributed by atoms with Crippen LogP contribution in [-0.2, 0) is 4.74 Å². The molecule has 4 heteroatoms. The minimum Gasteiger partial charge on any atom is -0.395 e. The predicted molar refractivity (Wildman–Crippen MR) is 65.6 cm³/mol. The van der Waals surface area contributed by atoms with E-state index < -0.39 is 0 Å². The second-order valence-corrected chi connectivity index (χ2v) is 5.66. The summed E-state index contributed by atoms with van der Waals surface area (Å²) in [7, 11) is 3.85. The van der Waals surface area contributed by atoms with E-state index in [1.165, 1.54) is 0 Å². The van der Waals surface area contributed by atoms with Crippen molar-refractivity contribution >= 4 is 0 Å². The molecule has 1 aliphatic rings. The number of methoxy groups -OCH3 is 1. The smallest absolute Gasteiger partial charge is 0.0599 e. The van der Waals surface area contributed by atoms with Gasteiger partial charge in [0.1, 0.15) is 0 Å².